The Morgan fingerprint density at radius 2 is 1.86 bits per heavy atom. The zero-order valence-corrected chi connectivity index (χ0v) is 6.82. The van der Waals surface area contributed by atoms with Gasteiger partial charge in [-0.2, -0.15) is 13.2 Å². The normalized spacial score (nSPS) is 10.6. The quantitative estimate of drug-likeness (QED) is 0.391. The van der Waals surface area contributed by atoms with Crippen molar-refractivity contribution >= 4 is 5.69 Å². The third-order valence-electron chi connectivity index (χ3n) is 1.35. The number of halogens is 4. The van der Waals surface area contributed by atoms with Crippen LogP contribution in [-0.2, 0) is 0 Å². The minimum Gasteiger partial charge on any atom is -0.396 e. The molecule has 2 N–H and O–H groups in total. The first-order valence-electron chi connectivity index (χ1n) is 3.53. The Balaban J connectivity index is 2.98. The number of benzene rings is 1. The van der Waals surface area contributed by atoms with Crippen molar-refractivity contribution in [3.8, 4) is 11.8 Å². The molecule has 0 aromatic heterocycles. The Kier molecular flexibility index (Phi) is 2.65. The Morgan fingerprint density at radius 3 is 2.36 bits per heavy atom. The lowest BCUT2D eigenvalue weighted by Crippen LogP contribution is -2.01. The van der Waals surface area contributed by atoms with Crippen LogP contribution in [0.1, 0.15) is 5.56 Å². The average Bonchev–Trinajstić information content (AvgIpc) is 2.06. The zero-order valence-electron chi connectivity index (χ0n) is 6.82. The molecule has 0 saturated heterocycles. The maximum Gasteiger partial charge on any atom is 0.458 e. The van der Waals surface area contributed by atoms with E-state index in [2.05, 4.69) is 0 Å². The topological polar surface area (TPSA) is 26.0 Å². The molecule has 0 heterocycles. The van der Waals surface area contributed by atoms with Crippen molar-refractivity contribution in [3.05, 3.63) is 29.6 Å². The summed E-state index contributed by atoms with van der Waals surface area (Å²) < 4.78 is 47.6. The summed E-state index contributed by atoms with van der Waals surface area (Å²) in [5.74, 6) is 2.03. The molecule has 0 unspecified atom stereocenters. The largest absolute Gasteiger partial charge is 0.458 e. The standard InChI is InChI=1S/C9H5F4N/c10-7-5-6(1-2-8(7)14)3-4-9(11,12)13/h1-2,5H,14H2. The zero-order chi connectivity index (χ0) is 10.8. The number of alkyl halides is 3. The molecule has 0 radical (unpaired) electrons. The van der Waals surface area contributed by atoms with Gasteiger partial charge in [0, 0.05) is 11.5 Å². The first kappa shape index (κ1) is 10.4. The number of hydrogen-bond acceptors (Lipinski definition) is 1. The summed E-state index contributed by atoms with van der Waals surface area (Å²) in [5.41, 5.74) is 4.94. The van der Waals surface area contributed by atoms with Crippen molar-refractivity contribution in [2.24, 2.45) is 0 Å². The predicted octanol–water partition coefficient (Wildman–Crippen LogP) is 2.32. The average molecular weight is 203 g/mol. The van der Waals surface area contributed by atoms with Crippen molar-refractivity contribution in [1.29, 1.82) is 0 Å². The van der Waals surface area contributed by atoms with Crippen molar-refractivity contribution in [3.63, 3.8) is 0 Å². The maximum absolute atomic E-state index is 12.7. The van der Waals surface area contributed by atoms with Gasteiger partial charge in [0.2, 0.25) is 0 Å². The Bertz CT molecular complexity index is 397. The second kappa shape index (κ2) is 3.58. The molecule has 0 bridgehead atoms. The highest BCUT2D eigenvalue weighted by Crippen LogP contribution is 2.14. The number of anilines is 1. The molecule has 5 heteroatoms. The van der Waals surface area contributed by atoms with Gasteiger partial charge in [-0.15, -0.1) is 0 Å². The van der Waals surface area contributed by atoms with E-state index in [1.807, 2.05) is 0 Å². The number of nitrogens with two attached hydrogens (primary N) is 1. The fourth-order valence-corrected chi connectivity index (χ4v) is 0.748. The van der Waals surface area contributed by atoms with Gasteiger partial charge in [-0.05, 0) is 18.2 Å². The molecule has 0 aliphatic rings. The second-order valence-electron chi connectivity index (χ2n) is 2.48. The van der Waals surface area contributed by atoms with Gasteiger partial charge in [0.1, 0.15) is 5.82 Å². The minimum atomic E-state index is -4.57. The third kappa shape index (κ3) is 2.98. The fraction of sp³-hybridized carbons (Fsp3) is 0.111. The molecule has 0 atom stereocenters. The van der Waals surface area contributed by atoms with E-state index in [4.69, 9.17) is 5.73 Å². The highest BCUT2D eigenvalue weighted by Gasteiger charge is 2.22. The van der Waals surface area contributed by atoms with E-state index in [1.54, 1.807) is 5.92 Å². The van der Waals surface area contributed by atoms with E-state index in [-0.39, 0.29) is 11.3 Å². The number of nitrogen functional groups attached to an aromatic ring is 1. The molecular weight excluding hydrogens is 198 g/mol. The van der Waals surface area contributed by atoms with Crippen LogP contribution in [0.4, 0.5) is 23.2 Å². The Labute approximate surface area is 77.5 Å². The van der Waals surface area contributed by atoms with Crippen molar-refractivity contribution in [1.82, 2.24) is 0 Å². The van der Waals surface area contributed by atoms with Crippen LogP contribution < -0.4 is 5.73 Å². The molecule has 0 aliphatic carbocycles. The predicted molar refractivity (Wildman–Crippen MR) is 43.7 cm³/mol. The van der Waals surface area contributed by atoms with Crippen LogP contribution in [0.15, 0.2) is 18.2 Å². The second-order valence-corrected chi connectivity index (χ2v) is 2.48. The monoisotopic (exact) mass is 203 g/mol. The Hall–Kier alpha value is -1.70. The molecule has 14 heavy (non-hydrogen) atoms. The molecule has 0 aliphatic heterocycles. The maximum atomic E-state index is 12.7. The highest BCUT2D eigenvalue weighted by molar-refractivity contribution is 5.46. The van der Waals surface area contributed by atoms with E-state index in [0.717, 1.165) is 18.1 Å². The van der Waals surface area contributed by atoms with Crippen molar-refractivity contribution in [2.45, 2.75) is 6.18 Å². The van der Waals surface area contributed by atoms with Crippen LogP contribution in [0.2, 0.25) is 0 Å². The lowest BCUT2D eigenvalue weighted by Gasteiger charge is -1.96. The molecule has 1 rings (SSSR count). The van der Waals surface area contributed by atoms with Crippen molar-refractivity contribution in [2.75, 3.05) is 5.73 Å². The van der Waals surface area contributed by atoms with E-state index < -0.39 is 12.0 Å². The van der Waals surface area contributed by atoms with E-state index >= 15 is 0 Å². The summed E-state index contributed by atoms with van der Waals surface area (Å²) >= 11 is 0. The fourth-order valence-electron chi connectivity index (χ4n) is 0.748. The summed E-state index contributed by atoms with van der Waals surface area (Å²) in [6.45, 7) is 0. The van der Waals surface area contributed by atoms with Gasteiger partial charge < -0.3 is 5.73 Å². The van der Waals surface area contributed by atoms with Gasteiger partial charge in [-0.3, -0.25) is 0 Å². The van der Waals surface area contributed by atoms with Crippen LogP contribution in [0.5, 0.6) is 0 Å². The molecule has 0 saturated carbocycles. The molecule has 1 nitrogen and oxygen atoms in total. The van der Waals surface area contributed by atoms with Crippen molar-refractivity contribution < 1.29 is 17.6 Å². The van der Waals surface area contributed by atoms with Crippen LogP contribution in [-0.4, -0.2) is 6.18 Å². The molecule has 74 valence electrons. The first-order chi connectivity index (χ1) is 6.38. The van der Waals surface area contributed by atoms with E-state index in [1.165, 1.54) is 6.07 Å². The summed E-state index contributed by atoms with van der Waals surface area (Å²) in [6, 6.07) is 3.24. The first-order valence-corrected chi connectivity index (χ1v) is 3.53. The van der Waals surface area contributed by atoms with Crippen LogP contribution >= 0.6 is 0 Å². The summed E-state index contributed by atoms with van der Waals surface area (Å²) in [5, 5.41) is 0. The van der Waals surface area contributed by atoms with Gasteiger partial charge >= 0.3 is 6.18 Å². The van der Waals surface area contributed by atoms with Gasteiger partial charge in [-0.1, -0.05) is 5.92 Å². The summed E-state index contributed by atoms with van der Waals surface area (Å²) in [6.07, 6.45) is -4.57. The molecule has 0 spiro atoms. The minimum absolute atomic E-state index is 0.0611. The SMILES string of the molecule is Nc1ccc(C#CC(F)(F)F)cc1F. The van der Waals surface area contributed by atoms with Crippen LogP contribution in [0.25, 0.3) is 0 Å². The van der Waals surface area contributed by atoms with Crippen LogP contribution in [0.3, 0.4) is 0 Å². The van der Waals surface area contributed by atoms with Gasteiger partial charge in [0.05, 0.1) is 5.69 Å². The lowest BCUT2D eigenvalue weighted by molar-refractivity contribution is -0.0696. The summed E-state index contributed by atoms with van der Waals surface area (Å²) in [4.78, 5) is 0. The van der Waals surface area contributed by atoms with Gasteiger partial charge in [0.15, 0.2) is 0 Å². The van der Waals surface area contributed by atoms with E-state index in [0.29, 0.717) is 0 Å². The molecule has 0 fully saturated rings. The smallest absolute Gasteiger partial charge is 0.396 e. The van der Waals surface area contributed by atoms with Gasteiger partial charge in [0.25, 0.3) is 0 Å². The number of hydrogen-bond donors (Lipinski definition) is 1. The third-order valence-corrected chi connectivity index (χ3v) is 1.35. The lowest BCUT2D eigenvalue weighted by atomic mass is 10.2. The van der Waals surface area contributed by atoms with Crippen LogP contribution in [0, 0.1) is 17.7 Å². The van der Waals surface area contributed by atoms with E-state index in [9.17, 15) is 17.6 Å². The summed E-state index contributed by atoms with van der Waals surface area (Å²) in [7, 11) is 0. The van der Waals surface area contributed by atoms with Gasteiger partial charge in [-0.25, -0.2) is 4.39 Å². The molecule has 1 aromatic carbocycles. The number of rotatable bonds is 0. The molecular formula is C9H5F4N. The Morgan fingerprint density at radius 1 is 1.21 bits per heavy atom. The highest BCUT2D eigenvalue weighted by atomic mass is 19.4. The molecule has 0 amide bonds. The molecule has 1 aromatic rings.